The molecule has 3 aromatic rings. The number of anilines is 1. The summed E-state index contributed by atoms with van der Waals surface area (Å²) in [6, 6.07) is 8.47. The number of hydrogen-bond donors (Lipinski definition) is 1. The second kappa shape index (κ2) is 9.16. The number of amides is 1. The summed E-state index contributed by atoms with van der Waals surface area (Å²) in [4.78, 5) is 32.6. The van der Waals surface area contributed by atoms with Gasteiger partial charge in [0, 0.05) is 23.3 Å². The number of nitrogens with one attached hydrogen (secondary N) is 1. The third kappa shape index (κ3) is 4.88. The minimum absolute atomic E-state index is 0.324. The summed E-state index contributed by atoms with van der Waals surface area (Å²) in [5.74, 6) is 0.130. The lowest BCUT2D eigenvalue weighted by atomic mass is 10.1. The number of carbonyl (C=O) groups excluding carboxylic acids is 2. The summed E-state index contributed by atoms with van der Waals surface area (Å²) in [5.41, 5.74) is 1.81. The first kappa shape index (κ1) is 20.3. The van der Waals surface area contributed by atoms with Gasteiger partial charge in [-0.05, 0) is 37.3 Å². The molecule has 0 aliphatic carbocycles. The van der Waals surface area contributed by atoms with Crippen molar-refractivity contribution < 1.29 is 23.8 Å². The van der Waals surface area contributed by atoms with E-state index in [1.807, 2.05) is 11.4 Å². The Morgan fingerprint density at radius 2 is 1.79 bits per heavy atom. The molecule has 0 saturated carbocycles. The van der Waals surface area contributed by atoms with E-state index < -0.39 is 18.0 Å². The summed E-state index contributed by atoms with van der Waals surface area (Å²) in [6.45, 7) is 1.50. The van der Waals surface area contributed by atoms with Crippen LogP contribution in [-0.4, -0.2) is 42.2 Å². The van der Waals surface area contributed by atoms with Crippen molar-refractivity contribution in [2.75, 3.05) is 19.5 Å². The van der Waals surface area contributed by atoms with Gasteiger partial charge < -0.3 is 14.2 Å². The predicted octanol–water partition coefficient (Wildman–Crippen LogP) is 3.41. The van der Waals surface area contributed by atoms with Gasteiger partial charge in [-0.25, -0.2) is 9.78 Å². The van der Waals surface area contributed by atoms with Crippen molar-refractivity contribution in [2.24, 2.45) is 0 Å². The molecule has 9 heteroatoms. The zero-order valence-electron chi connectivity index (χ0n) is 16.0. The van der Waals surface area contributed by atoms with Crippen molar-refractivity contribution in [3.63, 3.8) is 0 Å². The van der Waals surface area contributed by atoms with Crippen molar-refractivity contribution in [3.8, 4) is 22.8 Å². The zero-order valence-corrected chi connectivity index (χ0v) is 16.9. The number of thiazole rings is 1. The first-order valence-electron chi connectivity index (χ1n) is 8.61. The second-order valence-electron chi connectivity index (χ2n) is 5.88. The Labute approximate surface area is 171 Å². The molecule has 3 rings (SSSR count). The molecule has 0 saturated heterocycles. The van der Waals surface area contributed by atoms with Gasteiger partial charge >= 0.3 is 5.97 Å². The van der Waals surface area contributed by atoms with Crippen LogP contribution in [-0.2, 0) is 9.53 Å². The molecule has 2 aromatic heterocycles. The van der Waals surface area contributed by atoms with E-state index >= 15 is 0 Å². The first-order valence-corrected chi connectivity index (χ1v) is 9.49. The summed E-state index contributed by atoms with van der Waals surface area (Å²) in [5, 5.41) is 4.87. The van der Waals surface area contributed by atoms with Crippen molar-refractivity contribution in [1.29, 1.82) is 0 Å². The molecule has 1 N–H and O–H groups in total. The van der Waals surface area contributed by atoms with Gasteiger partial charge in [0.2, 0.25) is 0 Å². The average Bonchev–Trinajstić information content (AvgIpc) is 3.22. The number of methoxy groups -OCH3 is 2. The fraction of sp³-hybridized carbons (Fsp3) is 0.200. The highest BCUT2D eigenvalue weighted by Crippen LogP contribution is 2.33. The summed E-state index contributed by atoms with van der Waals surface area (Å²) in [6.07, 6.45) is 1.98. The minimum Gasteiger partial charge on any atom is -0.493 e. The van der Waals surface area contributed by atoms with Crippen LogP contribution < -0.4 is 14.8 Å². The summed E-state index contributed by atoms with van der Waals surface area (Å²) >= 11 is 1.26. The van der Waals surface area contributed by atoms with Crippen LogP contribution in [0.4, 0.5) is 5.13 Å². The van der Waals surface area contributed by atoms with Gasteiger partial charge in [-0.2, -0.15) is 0 Å². The number of aromatic nitrogens is 2. The van der Waals surface area contributed by atoms with E-state index in [2.05, 4.69) is 15.3 Å². The van der Waals surface area contributed by atoms with Gasteiger partial charge in [0.05, 0.1) is 25.5 Å². The number of hydrogen-bond acceptors (Lipinski definition) is 8. The van der Waals surface area contributed by atoms with Gasteiger partial charge in [0.25, 0.3) is 5.91 Å². The van der Waals surface area contributed by atoms with Crippen LogP contribution in [0.5, 0.6) is 11.5 Å². The van der Waals surface area contributed by atoms with E-state index in [1.165, 1.54) is 42.8 Å². The molecule has 0 spiro atoms. The normalized spacial score (nSPS) is 11.4. The van der Waals surface area contributed by atoms with Gasteiger partial charge in [0.1, 0.15) is 0 Å². The lowest BCUT2D eigenvalue weighted by Gasteiger charge is -2.12. The standard InChI is InChI=1S/C20H19N3O5S/c1-12(28-19(25)13-6-8-21-9-7-13)18(24)23-20-22-15(11-29-20)14-4-5-16(26-2)17(10-14)27-3/h4-12H,1-3H3,(H,22,23,24). The molecule has 29 heavy (non-hydrogen) atoms. The van der Waals surface area contributed by atoms with Gasteiger partial charge in [-0.1, -0.05) is 0 Å². The molecule has 0 fully saturated rings. The molecule has 0 aliphatic rings. The quantitative estimate of drug-likeness (QED) is 0.593. The maximum absolute atomic E-state index is 12.3. The minimum atomic E-state index is -0.982. The maximum Gasteiger partial charge on any atom is 0.339 e. The molecular weight excluding hydrogens is 394 g/mol. The molecule has 0 bridgehead atoms. The Balaban J connectivity index is 1.65. The summed E-state index contributed by atoms with van der Waals surface area (Å²) < 4.78 is 15.7. The van der Waals surface area contributed by atoms with Crippen LogP contribution in [0.3, 0.4) is 0 Å². The Morgan fingerprint density at radius 3 is 2.48 bits per heavy atom. The Morgan fingerprint density at radius 1 is 1.07 bits per heavy atom. The number of esters is 1. The zero-order chi connectivity index (χ0) is 20.8. The SMILES string of the molecule is COc1ccc(-c2csc(NC(=O)C(C)OC(=O)c3ccncc3)n2)cc1OC. The average molecular weight is 413 g/mol. The highest BCUT2D eigenvalue weighted by Gasteiger charge is 2.20. The first-order chi connectivity index (χ1) is 14.0. The van der Waals surface area contributed by atoms with Crippen molar-refractivity contribution in [2.45, 2.75) is 13.0 Å². The Bertz CT molecular complexity index is 1010. The highest BCUT2D eigenvalue weighted by molar-refractivity contribution is 7.14. The van der Waals surface area contributed by atoms with Gasteiger partial charge in [-0.3, -0.25) is 15.1 Å². The van der Waals surface area contributed by atoms with Crippen LogP contribution in [0.2, 0.25) is 0 Å². The van der Waals surface area contributed by atoms with E-state index in [-0.39, 0.29) is 0 Å². The van der Waals surface area contributed by atoms with Crippen molar-refractivity contribution >= 4 is 28.3 Å². The molecule has 1 atom stereocenters. The molecule has 1 unspecified atom stereocenters. The topological polar surface area (TPSA) is 99.6 Å². The number of pyridine rings is 1. The van der Waals surface area contributed by atoms with E-state index in [4.69, 9.17) is 14.2 Å². The number of carbonyl (C=O) groups is 2. The van der Waals surface area contributed by atoms with Gasteiger partial charge in [-0.15, -0.1) is 11.3 Å². The lowest BCUT2D eigenvalue weighted by molar-refractivity contribution is -0.123. The van der Waals surface area contributed by atoms with Crippen LogP contribution >= 0.6 is 11.3 Å². The van der Waals surface area contributed by atoms with Crippen molar-refractivity contribution in [3.05, 3.63) is 53.7 Å². The molecular formula is C20H19N3O5S. The number of ether oxygens (including phenoxy) is 3. The number of rotatable bonds is 7. The molecule has 1 aromatic carbocycles. The van der Waals surface area contributed by atoms with E-state index in [9.17, 15) is 9.59 Å². The van der Waals surface area contributed by atoms with E-state index in [0.717, 1.165) is 5.56 Å². The Kier molecular flexibility index (Phi) is 6.40. The van der Waals surface area contributed by atoms with Crippen LogP contribution in [0.15, 0.2) is 48.1 Å². The molecule has 0 aliphatic heterocycles. The third-order valence-electron chi connectivity index (χ3n) is 3.98. The van der Waals surface area contributed by atoms with Gasteiger partial charge in [0.15, 0.2) is 22.7 Å². The monoisotopic (exact) mass is 413 g/mol. The molecule has 1 amide bonds. The van der Waals surface area contributed by atoms with Crippen LogP contribution in [0.25, 0.3) is 11.3 Å². The molecule has 0 radical (unpaired) electrons. The predicted molar refractivity (Wildman–Crippen MR) is 108 cm³/mol. The second-order valence-corrected chi connectivity index (χ2v) is 6.74. The maximum atomic E-state index is 12.3. The summed E-state index contributed by atoms with van der Waals surface area (Å²) in [7, 11) is 3.12. The largest absolute Gasteiger partial charge is 0.493 e. The van der Waals surface area contributed by atoms with E-state index in [0.29, 0.717) is 27.9 Å². The lowest BCUT2D eigenvalue weighted by Crippen LogP contribution is -2.29. The molecule has 8 nitrogen and oxygen atoms in total. The highest BCUT2D eigenvalue weighted by atomic mass is 32.1. The fourth-order valence-electron chi connectivity index (χ4n) is 2.44. The van der Waals surface area contributed by atoms with E-state index in [1.54, 1.807) is 26.4 Å². The van der Waals surface area contributed by atoms with Crippen LogP contribution in [0, 0.1) is 0 Å². The smallest absolute Gasteiger partial charge is 0.339 e. The fourth-order valence-corrected chi connectivity index (χ4v) is 3.16. The molecule has 150 valence electrons. The number of benzene rings is 1. The van der Waals surface area contributed by atoms with Crippen molar-refractivity contribution in [1.82, 2.24) is 9.97 Å². The van der Waals surface area contributed by atoms with Crippen LogP contribution in [0.1, 0.15) is 17.3 Å². The third-order valence-corrected chi connectivity index (χ3v) is 4.74. The Hall–Kier alpha value is -3.46. The molecule has 2 heterocycles. The number of nitrogens with zero attached hydrogens (tertiary/aromatic N) is 2.